The lowest BCUT2D eigenvalue weighted by Gasteiger charge is -2.07. The molecule has 0 fully saturated rings. The quantitative estimate of drug-likeness (QED) is 0.345. The van der Waals surface area contributed by atoms with Crippen molar-refractivity contribution in [1.29, 1.82) is 0 Å². The van der Waals surface area contributed by atoms with Crippen molar-refractivity contribution in [1.82, 2.24) is 9.97 Å². The summed E-state index contributed by atoms with van der Waals surface area (Å²) < 4.78 is 0. The SMILES string of the molecule is Cc1nc2ccc(Cl)cc2cc1C(=O)Nc1nc(-c2cccc([N+](=O)[O-])c2)cs1. The number of nitro benzene ring substituents is 1. The summed E-state index contributed by atoms with van der Waals surface area (Å²) in [5.74, 6) is -0.336. The number of amides is 1. The van der Waals surface area contributed by atoms with Crippen molar-refractivity contribution < 1.29 is 9.72 Å². The molecule has 0 saturated heterocycles. The Kier molecular flexibility index (Phi) is 4.96. The van der Waals surface area contributed by atoms with Crippen LogP contribution in [0.25, 0.3) is 22.2 Å². The van der Waals surface area contributed by atoms with Crippen molar-refractivity contribution in [2.45, 2.75) is 6.92 Å². The first-order chi connectivity index (χ1) is 13.9. The van der Waals surface area contributed by atoms with Crippen LogP contribution in [-0.2, 0) is 0 Å². The summed E-state index contributed by atoms with van der Waals surface area (Å²) in [6.07, 6.45) is 0. The molecule has 0 aliphatic carbocycles. The number of halogens is 1. The number of hydrogen-bond donors (Lipinski definition) is 1. The van der Waals surface area contributed by atoms with Gasteiger partial charge in [-0.15, -0.1) is 11.3 Å². The molecule has 2 heterocycles. The number of pyridine rings is 1. The second kappa shape index (κ2) is 7.57. The van der Waals surface area contributed by atoms with Crippen molar-refractivity contribution in [2.75, 3.05) is 5.32 Å². The zero-order valence-corrected chi connectivity index (χ0v) is 16.6. The average Bonchev–Trinajstić information content (AvgIpc) is 3.16. The minimum Gasteiger partial charge on any atom is -0.298 e. The Morgan fingerprint density at radius 2 is 2.00 bits per heavy atom. The molecule has 0 unspecified atom stereocenters. The molecule has 0 radical (unpaired) electrons. The van der Waals surface area contributed by atoms with Crippen LogP contribution in [0.4, 0.5) is 10.8 Å². The number of non-ortho nitro benzene ring substituents is 1. The summed E-state index contributed by atoms with van der Waals surface area (Å²) >= 11 is 7.27. The molecule has 1 amide bonds. The van der Waals surface area contributed by atoms with Gasteiger partial charge in [0, 0.05) is 33.5 Å². The maximum Gasteiger partial charge on any atom is 0.270 e. The third-order valence-electron chi connectivity index (χ3n) is 4.29. The van der Waals surface area contributed by atoms with Gasteiger partial charge in [-0.3, -0.25) is 25.2 Å². The maximum atomic E-state index is 12.7. The predicted octanol–water partition coefficient (Wildman–Crippen LogP) is 5.48. The lowest BCUT2D eigenvalue weighted by Crippen LogP contribution is -2.14. The first kappa shape index (κ1) is 19.0. The zero-order valence-electron chi connectivity index (χ0n) is 15.0. The molecule has 0 spiro atoms. The number of rotatable bonds is 4. The van der Waals surface area contributed by atoms with E-state index in [2.05, 4.69) is 15.3 Å². The molecule has 2 aromatic carbocycles. The molecule has 7 nitrogen and oxygen atoms in total. The zero-order chi connectivity index (χ0) is 20.5. The molecule has 0 aliphatic rings. The number of carbonyl (C=O) groups is 1. The third kappa shape index (κ3) is 3.94. The van der Waals surface area contributed by atoms with E-state index in [0.29, 0.717) is 32.7 Å². The fourth-order valence-corrected chi connectivity index (χ4v) is 3.78. The lowest BCUT2D eigenvalue weighted by atomic mass is 10.1. The predicted molar refractivity (Wildman–Crippen MR) is 114 cm³/mol. The van der Waals surface area contributed by atoms with Crippen molar-refractivity contribution in [3.05, 3.63) is 80.3 Å². The molecule has 0 saturated carbocycles. The first-order valence-corrected chi connectivity index (χ1v) is 9.75. The van der Waals surface area contributed by atoms with Crippen LogP contribution in [0.3, 0.4) is 0 Å². The van der Waals surface area contributed by atoms with E-state index in [1.807, 2.05) is 0 Å². The highest BCUT2D eigenvalue weighted by molar-refractivity contribution is 7.14. The molecule has 2 aromatic heterocycles. The Hall–Kier alpha value is -3.36. The normalized spacial score (nSPS) is 10.8. The maximum absolute atomic E-state index is 12.7. The number of nitro groups is 1. The molecule has 1 N–H and O–H groups in total. The van der Waals surface area contributed by atoms with Gasteiger partial charge in [0.2, 0.25) is 0 Å². The smallest absolute Gasteiger partial charge is 0.270 e. The number of hydrogen-bond acceptors (Lipinski definition) is 6. The van der Waals surface area contributed by atoms with Gasteiger partial charge in [0.05, 0.1) is 27.4 Å². The number of benzene rings is 2. The molecule has 0 aliphatic heterocycles. The van der Waals surface area contributed by atoms with Crippen LogP contribution in [0.2, 0.25) is 5.02 Å². The Morgan fingerprint density at radius 3 is 2.79 bits per heavy atom. The van der Waals surface area contributed by atoms with Crippen molar-refractivity contribution in [3.8, 4) is 11.3 Å². The van der Waals surface area contributed by atoms with E-state index >= 15 is 0 Å². The van der Waals surface area contributed by atoms with Gasteiger partial charge in [0.25, 0.3) is 11.6 Å². The molecular formula is C20H13ClN4O3S. The fourth-order valence-electron chi connectivity index (χ4n) is 2.88. The Labute approximate surface area is 174 Å². The highest BCUT2D eigenvalue weighted by Crippen LogP contribution is 2.28. The van der Waals surface area contributed by atoms with Crippen molar-refractivity contribution in [3.63, 3.8) is 0 Å². The highest BCUT2D eigenvalue weighted by atomic mass is 35.5. The van der Waals surface area contributed by atoms with Gasteiger partial charge < -0.3 is 0 Å². The first-order valence-electron chi connectivity index (χ1n) is 8.49. The van der Waals surface area contributed by atoms with Crippen LogP contribution >= 0.6 is 22.9 Å². The monoisotopic (exact) mass is 424 g/mol. The van der Waals surface area contributed by atoms with Crippen LogP contribution in [0.5, 0.6) is 0 Å². The van der Waals surface area contributed by atoms with Crippen LogP contribution in [0.15, 0.2) is 53.9 Å². The van der Waals surface area contributed by atoms with E-state index in [-0.39, 0.29) is 11.6 Å². The van der Waals surface area contributed by atoms with Crippen LogP contribution in [0, 0.1) is 17.0 Å². The van der Waals surface area contributed by atoms with Crippen molar-refractivity contribution in [2.24, 2.45) is 0 Å². The number of nitrogens with zero attached hydrogens (tertiary/aromatic N) is 3. The lowest BCUT2D eigenvalue weighted by molar-refractivity contribution is -0.384. The molecule has 4 aromatic rings. The van der Waals surface area contributed by atoms with Crippen molar-refractivity contribution >= 4 is 50.6 Å². The Morgan fingerprint density at radius 1 is 1.17 bits per heavy atom. The number of thiazole rings is 1. The van der Waals surface area contributed by atoms with Crippen LogP contribution in [0.1, 0.15) is 16.1 Å². The Balaban J connectivity index is 1.60. The molecule has 0 bridgehead atoms. The van der Waals surface area contributed by atoms with Gasteiger partial charge >= 0.3 is 0 Å². The number of anilines is 1. The molecule has 0 atom stereocenters. The Bertz CT molecular complexity index is 1270. The van der Waals surface area contributed by atoms with E-state index in [1.54, 1.807) is 48.7 Å². The van der Waals surface area contributed by atoms with Gasteiger partial charge in [-0.1, -0.05) is 23.7 Å². The second-order valence-corrected chi connectivity index (χ2v) is 7.55. The summed E-state index contributed by atoms with van der Waals surface area (Å²) in [5.41, 5.74) is 2.91. The number of nitrogens with one attached hydrogen (secondary N) is 1. The number of fused-ring (bicyclic) bond motifs is 1. The van der Waals surface area contributed by atoms with E-state index in [9.17, 15) is 14.9 Å². The van der Waals surface area contributed by atoms with Gasteiger partial charge in [-0.25, -0.2) is 4.98 Å². The van der Waals surface area contributed by atoms with Gasteiger partial charge in [0.1, 0.15) is 0 Å². The highest BCUT2D eigenvalue weighted by Gasteiger charge is 2.15. The third-order valence-corrected chi connectivity index (χ3v) is 5.28. The number of aromatic nitrogens is 2. The molecule has 4 rings (SSSR count). The second-order valence-electron chi connectivity index (χ2n) is 6.26. The minimum atomic E-state index is -0.458. The topological polar surface area (TPSA) is 98.0 Å². The van der Waals surface area contributed by atoms with Crippen LogP contribution < -0.4 is 5.32 Å². The number of aryl methyl sites for hydroxylation is 1. The summed E-state index contributed by atoms with van der Waals surface area (Å²) in [6, 6.07) is 13.2. The number of carbonyl (C=O) groups excluding carboxylic acids is 1. The summed E-state index contributed by atoms with van der Waals surface area (Å²) in [4.78, 5) is 32.1. The largest absolute Gasteiger partial charge is 0.298 e. The van der Waals surface area contributed by atoms with E-state index in [1.165, 1.54) is 23.5 Å². The van der Waals surface area contributed by atoms with Gasteiger partial charge in [-0.05, 0) is 31.2 Å². The molecule has 29 heavy (non-hydrogen) atoms. The van der Waals surface area contributed by atoms with E-state index in [4.69, 9.17) is 11.6 Å². The standard InChI is InChI=1S/C20H13ClN4O3S/c1-11-16(9-13-7-14(21)5-6-17(13)22-11)19(26)24-20-23-18(10-29-20)12-3-2-4-15(8-12)25(27)28/h2-10H,1H3,(H,23,24,26). The fraction of sp³-hybridized carbons (Fsp3) is 0.0500. The minimum absolute atomic E-state index is 0.0161. The van der Waals surface area contributed by atoms with Gasteiger partial charge in [0.15, 0.2) is 5.13 Å². The summed E-state index contributed by atoms with van der Waals surface area (Å²) in [7, 11) is 0. The van der Waals surface area contributed by atoms with Crippen LogP contribution in [-0.4, -0.2) is 20.8 Å². The molecular weight excluding hydrogens is 412 g/mol. The van der Waals surface area contributed by atoms with E-state index < -0.39 is 4.92 Å². The molecule has 9 heteroatoms. The average molecular weight is 425 g/mol. The summed E-state index contributed by atoms with van der Waals surface area (Å²) in [6.45, 7) is 1.76. The van der Waals surface area contributed by atoms with E-state index in [0.717, 1.165) is 10.9 Å². The van der Waals surface area contributed by atoms with Gasteiger partial charge in [-0.2, -0.15) is 0 Å². The molecule has 144 valence electrons. The summed E-state index contributed by atoms with van der Waals surface area (Å²) in [5, 5.41) is 17.2.